The molecule has 7 nitrogen and oxygen atoms in total. The van der Waals surface area contributed by atoms with Crippen molar-refractivity contribution in [1.82, 2.24) is 10.2 Å². The quantitative estimate of drug-likeness (QED) is 0.626. The van der Waals surface area contributed by atoms with E-state index in [1.54, 1.807) is 50.5 Å². The van der Waals surface area contributed by atoms with Gasteiger partial charge >= 0.3 is 0 Å². The number of ether oxygens (including phenoxy) is 3. The Morgan fingerprint density at radius 1 is 1.06 bits per heavy atom. The van der Waals surface area contributed by atoms with E-state index in [-0.39, 0.29) is 24.3 Å². The summed E-state index contributed by atoms with van der Waals surface area (Å²) in [5.41, 5.74) is 1.26. The molecule has 2 aromatic carbocycles. The van der Waals surface area contributed by atoms with Crippen LogP contribution in [0.1, 0.15) is 35.7 Å². The average Bonchev–Trinajstić information content (AvgIpc) is 3.27. The van der Waals surface area contributed by atoms with E-state index in [4.69, 9.17) is 25.8 Å². The highest BCUT2D eigenvalue weighted by molar-refractivity contribution is 6.33. The van der Waals surface area contributed by atoms with E-state index in [1.807, 2.05) is 26.0 Å². The SMILES string of the molecule is COc1cc([C@H]2CN(C(=O)c3ccccc3Cl)C[C@H]2C(=O)NCC(C)C)cc(OC)c1OC. The maximum Gasteiger partial charge on any atom is 0.255 e. The van der Waals surface area contributed by atoms with E-state index in [0.717, 1.165) is 5.56 Å². The average molecular weight is 475 g/mol. The summed E-state index contributed by atoms with van der Waals surface area (Å²) in [5.74, 6) is 0.833. The van der Waals surface area contributed by atoms with Crippen LogP contribution in [0.3, 0.4) is 0 Å². The second-order valence-electron chi connectivity index (χ2n) is 8.50. The smallest absolute Gasteiger partial charge is 0.255 e. The third kappa shape index (κ3) is 5.36. The fourth-order valence-electron chi connectivity index (χ4n) is 4.13. The molecule has 1 fully saturated rings. The highest BCUT2D eigenvalue weighted by atomic mass is 35.5. The van der Waals surface area contributed by atoms with Crippen LogP contribution in [0, 0.1) is 11.8 Å². The molecule has 2 amide bonds. The number of nitrogens with one attached hydrogen (secondary N) is 1. The van der Waals surface area contributed by atoms with Gasteiger partial charge in [0.1, 0.15) is 0 Å². The second kappa shape index (κ2) is 10.8. The van der Waals surface area contributed by atoms with Crippen molar-refractivity contribution in [2.75, 3.05) is 41.0 Å². The maximum atomic E-state index is 13.3. The fourth-order valence-corrected chi connectivity index (χ4v) is 4.35. The largest absolute Gasteiger partial charge is 0.493 e. The van der Waals surface area contributed by atoms with Crippen LogP contribution in [0.4, 0.5) is 0 Å². The standard InChI is InChI=1S/C25H31ClN2O5/c1-15(2)12-27-24(29)19-14-28(25(30)17-8-6-7-9-20(17)26)13-18(19)16-10-21(31-3)23(33-5)22(11-16)32-4/h6-11,15,18-19H,12-14H2,1-5H3,(H,27,29)/t18-,19-/m1/s1. The third-order valence-electron chi connectivity index (χ3n) is 5.85. The van der Waals surface area contributed by atoms with Crippen molar-refractivity contribution in [2.45, 2.75) is 19.8 Å². The molecular weight excluding hydrogens is 444 g/mol. The van der Waals surface area contributed by atoms with Crippen molar-refractivity contribution in [2.24, 2.45) is 11.8 Å². The molecule has 1 saturated heterocycles. The number of halogens is 1. The van der Waals surface area contributed by atoms with Crippen LogP contribution in [0.5, 0.6) is 17.2 Å². The van der Waals surface area contributed by atoms with Gasteiger partial charge in [0.25, 0.3) is 5.91 Å². The van der Waals surface area contributed by atoms with Gasteiger partial charge in [0, 0.05) is 25.6 Å². The molecule has 0 bridgehead atoms. The lowest BCUT2D eigenvalue weighted by Crippen LogP contribution is -2.37. The van der Waals surface area contributed by atoms with Gasteiger partial charge in [-0.25, -0.2) is 0 Å². The molecule has 8 heteroatoms. The number of carbonyl (C=O) groups is 2. The first-order chi connectivity index (χ1) is 15.8. The van der Waals surface area contributed by atoms with Crippen LogP contribution in [-0.2, 0) is 4.79 Å². The number of rotatable bonds is 8. The molecule has 1 aliphatic rings. The summed E-state index contributed by atoms with van der Waals surface area (Å²) in [6.45, 7) is 5.30. The van der Waals surface area contributed by atoms with Gasteiger partial charge in [-0.3, -0.25) is 9.59 Å². The fraction of sp³-hybridized carbons (Fsp3) is 0.440. The van der Waals surface area contributed by atoms with E-state index in [9.17, 15) is 9.59 Å². The normalized spacial score (nSPS) is 17.7. The predicted molar refractivity (Wildman–Crippen MR) is 128 cm³/mol. The summed E-state index contributed by atoms with van der Waals surface area (Å²) in [7, 11) is 4.65. The molecule has 0 unspecified atom stereocenters. The summed E-state index contributed by atoms with van der Waals surface area (Å²) in [6, 6.07) is 10.6. The van der Waals surface area contributed by atoms with Crippen LogP contribution in [0.15, 0.2) is 36.4 Å². The molecule has 1 aliphatic heterocycles. The lowest BCUT2D eigenvalue weighted by molar-refractivity contribution is -0.125. The van der Waals surface area contributed by atoms with Gasteiger partial charge < -0.3 is 24.4 Å². The Balaban J connectivity index is 1.98. The maximum absolute atomic E-state index is 13.3. The van der Waals surface area contributed by atoms with Crippen LogP contribution >= 0.6 is 11.6 Å². The van der Waals surface area contributed by atoms with Gasteiger partial charge in [0.05, 0.1) is 37.8 Å². The van der Waals surface area contributed by atoms with E-state index >= 15 is 0 Å². The molecule has 0 spiro atoms. The van der Waals surface area contributed by atoms with Gasteiger partial charge in [-0.2, -0.15) is 0 Å². The summed E-state index contributed by atoms with van der Waals surface area (Å²) >= 11 is 6.27. The third-order valence-corrected chi connectivity index (χ3v) is 6.18. The van der Waals surface area contributed by atoms with E-state index in [0.29, 0.717) is 46.8 Å². The number of amides is 2. The van der Waals surface area contributed by atoms with Gasteiger partial charge in [-0.15, -0.1) is 0 Å². The van der Waals surface area contributed by atoms with Crippen molar-refractivity contribution < 1.29 is 23.8 Å². The monoisotopic (exact) mass is 474 g/mol. The minimum Gasteiger partial charge on any atom is -0.493 e. The number of benzene rings is 2. The molecule has 0 saturated carbocycles. The van der Waals surface area contributed by atoms with Crippen molar-refractivity contribution >= 4 is 23.4 Å². The Kier molecular flexibility index (Phi) is 8.08. The van der Waals surface area contributed by atoms with Crippen molar-refractivity contribution in [3.8, 4) is 17.2 Å². The summed E-state index contributed by atoms with van der Waals surface area (Å²) < 4.78 is 16.5. The molecule has 1 heterocycles. The molecule has 3 rings (SSSR count). The zero-order valence-corrected chi connectivity index (χ0v) is 20.4. The van der Waals surface area contributed by atoms with E-state index in [2.05, 4.69) is 5.32 Å². The zero-order chi connectivity index (χ0) is 24.1. The molecule has 1 N–H and O–H groups in total. The molecule has 0 aromatic heterocycles. The molecular formula is C25H31ClN2O5. The Morgan fingerprint density at radius 2 is 1.70 bits per heavy atom. The van der Waals surface area contributed by atoms with Crippen LogP contribution in [-0.4, -0.2) is 57.7 Å². The minimum absolute atomic E-state index is 0.0862. The number of methoxy groups -OCH3 is 3. The Morgan fingerprint density at radius 3 is 2.24 bits per heavy atom. The molecule has 178 valence electrons. The van der Waals surface area contributed by atoms with Gasteiger partial charge in [-0.1, -0.05) is 37.6 Å². The van der Waals surface area contributed by atoms with Gasteiger partial charge in [0.2, 0.25) is 11.7 Å². The topological polar surface area (TPSA) is 77.1 Å². The first kappa shape index (κ1) is 24.7. The van der Waals surface area contributed by atoms with Crippen molar-refractivity contribution in [3.63, 3.8) is 0 Å². The number of hydrogen-bond acceptors (Lipinski definition) is 5. The molecule has 2 atom stereocenters. The summed E-state index contributed by atoms with van der Waals surface area (Å²) in [6.07, 6.45) is 0. The Bertz CT molecular complexity index is 985. The molecule has 0 radical (unpaired) electrons. The Labute approximate surface area is 200 Å². The predicted octanol–water partition coefficient (Wildman–Crippen LogP) is 3.99. The first-order valence-corrected chi connectivity index (χ1v) is 11.3. The highest BCUT2D eigenvalue weighted by Gasteiger charge is 2.41. The molecule has 0 aliphatic carbocycles. The zero-order valence-electron chi connectivity index (χ0n) is 19.7. The minimum atomic E-state index is -0.432. The highest BCUT2D eigenvalue weighted by Crippen LogP contribution is 2.43. The van der Waals surface area contributed by atoms with E-state index in [1.165, 1.54) is 0 Å². The van der Waals surface area contributed by atoms with Crippen LogP contribution < -0.4 is 19.5 Å². The lowest BCUT2D eigenvalue weighted by Gasteiger charge is -2.21. The number of hydrogen-bond donors (Lipinski definition) is 1. The Hall–Kier alpha value is -2.93. The van der Waals surface area contributed by atoms with Crippen molar-refractivity contribution in [3.05, 3.63) is 52.5 Å². The summed E-state index contributed by atoms with van der Waals surface area (Å²) in [5, 5.41) is 3.41. The van der Waals surface area contributed by atoms with Crippen LogP contribution in [0.2, 0.25) is 5.02 Å². The molecule has 33 heavy (non-hydrogen) atoms. The molecule has 2 aromatic rings. The van der Waals surface area contributed by atoms with E-state index < -0.39 is 5.92 Å². The number of carbonyl (C=O) groups excluding carboxylic acids is 2. The first-order valence-electron chi connectivity index (χ1n) is 10.9. The van der Waals surface area contributed by atoms with Gasteiger partial charge in [0.15, 0.2) is 11.5 Å². The summed E-state index contributed by atoms with van der Waals surface area (Å²) in [4.78, 5) is 28.1. The van der Waals surface area contributed by atoms with Gasteiger partial charge in [-0.05, 0) is 35.7 Å². The number of nitrogens with zero attached hydrogens (tertiary/aromatic N) is 1. The second-order valence-corrected chi connectivity index (χ2v) is 8.91. The van der Waals surface area contributed by atoms with Crippen LogP contribution in [0.25, 0.3) is 0 Å². The lowest BCUT2D eigenvalue weighted by atomic mass is 9.87. The number of likely N-dealkylation sites (tertiary alicyclic amines) is 1. The van der Waals surface area contributed by atoms with Crippen molar-refractivity contribution in [1.29, 1.82) is 0 Å².